The monoisotopic (exact) mass is 365 g/mol. The van der Waals surface area contributed by atoms with Crippen LogP contribution in [0.4, 0.5) is 5.69 Å². The SMILES string of the molecule is CCCc1cccc(NC(=O)COCCOCC(=O)NCCN(C)C)c1. The number of amides is 2. The number of rotatable bonds is 13. The van der Waals surface area contributed by atoms with Gasteiger partial charge in [-0.15, -0.1) is 0 Å². The van der Waals surface area contributed by atoms with Crippen molar-refractivity contribution < 1.29 is 19.1 Å². The number of nitrogens with zero attached hydrogens (tertiary/aromatic N) is 1. The van der Waals surface area contributed by atoms with E-state index in [0.29, 0.717) is 6.54 Å². The van der Waals surface area contributed by atoms with Crippen LogP contribution in [-0.2, 0) is 25.5 Å². The molecule has 0 aliphatic rings. The largest absolute Gasteiger partial charge is 0.369 e. The van der Waals surface area contributed by atoms with E-state index in [1.54, 1.807) is 0 Å². The first-order valence-corrected chi connectivity index (χ1v) is 8.97. The number of carbonyl (C=O) groups excluding carboxylic acids is 2. The van der Waals surface area contributed by atoms with E-state index in [1.807, 2.05) is 43.3 Å². The van der Waals surface area contributed by atoms with Crippen molar-refractivity contribution >= 4 is 17.5 Å². The number of nitrogens with one attached hydrogen (secondary N) is 2. The fraction of sp³-hybridized carbons (Fsp3) is 0.579. The fourth-order valence-electron chi connectivity index (χ4n) is 2.21. The van der Waals surface area contributed by atoms with Gasteiger partial charge < -0.3 is 25.0 Å². The van der Waals surface area contributed by atoms with Crippen LogP contribution in [0.15, 0.2) is 24.3 Å². The zero-order chi connectivity index (χ0) is 19.2. The predicted octanol–water partition coefficient (Wildman–Crippen LogP) is 1.29. The molecule has 0 atom stereocenters. The highest BCUT2D eigenvalue weighted by atomic mass is 16.5. The van der Waals surface area contributed by atoms with Gasteiger partial charge in [0.2, 0.25) is 11.8 Å². The average Bonchev–Trinajstić information content (AvgIpc) is 2.58. The van der Waals surface area contributed by atoms with E-state index in [1.165, 1.54) is 5.56 Å². The van der Waals surface area contributed by atoms with Crippen molar-refractivity contribution in [3.63, 3.8) is 0 Å². The predicted molar refractivity (Wildman–Crippen MR) is 102 cm³/mol. The van der Waals surface area contributed by atoms with Gasteiger partial charge in [0.15, 0.2) is 0 Å². The molecule has 0 fully saturated rings. The standard InChI is InChI=1S/C19H31N3O4/c1-4-6-16-7-5-8-17(13-16)21-19(24)15-26-12-11-25-14-18(23)20-9-10-22(2)3/h5,7-8,13H,4,6,9-12,14-15H2,1-3H3,(H,20,23)(H,21,24). The van der Waals surface area contributed by atoms with Crippen LogP contribution in [0.2, 0.25) is 0 Å². The molecule has 0 aliphatic carbocycles. The summed E-state index contributed by atoms with van der Waals surface area (Å²) in [6.45, 7) is 3.96. The Morgan fingerprint density at radius 2 is 1.77 bits per heavy atom. The van der Waals surface area contributed by atoms with E-state index in [0.717, 1.165) is 25.1 Å². The average molecular weight is 365 g/mol. The number of aryl methyl sites for hydroxylation is 1. The summed E-state index contributed by atoms with van der Waals surface area (Å²) in [6, 6.07) is 7.80. The molecular weight excluding hydrogens is 334 g/mol. The molecule has 0 saturated carbocycles. The maximum atomic E-state index is 11.9. The maximum Gasteiger partial charge on any atom is 0.250 e. The van der Waals surface area contributed by atoms with Crippen molar-refractivity contribution in [2.24, 2.45) is 0 Å². The summed E-state index contributed by atoms with van der Waals surface area (Å²) in [5.74, 6) is -0.364. The van der Waals surface area contributed by atoms with Crippen molar-refractivity contribution in [2.75, 3.05) is 58.9 Å². The minimum atomic E-state index is -0.208. The van der Waals surface area contributed by atoms with Gasteiger partial charge >= 0.3 is 0 Å². The molecule has 1 aromatic carbocycles. The lowest BCUT2D eigenvalue weighted by atomic mass is 10.1. The Kier molecular flexibility index (Phi) is 11.3. The van der Waals surface area contributed by atoms with Crippen molar-refractivity contribution in [1.29, 1.82) is 0 Å². The highest BCUT2D eigenvalue weighted by molar-refractivity contribution is 5.91. The van der Waals surface area contributed by atoms with Crippen LogP contribution in [-0.4, -0.2) is 70.3 Å². The first kappa shape index (κ1) is 22.1. The Labute approximate surface area is 156 Å². The number of anilines is 1. The van der Waals surface area contributed by atoms with Crippen LogP contribution < -0.4 is 10.6 Å². The maximum absolute atomic E-state index is 11.9. The third-order valence-corrected chi connectivity index (χ3v) is 3.47. The van der Waals surface area contributed by atoms with Crippen LogP contribution >= 0.6 is 0 Å². The summed E-state index contributed by atoms with van der Waals surface area (Å²) in [4.78, 5) is 25.3. The van der Waals surface area contributed by atoms with Gasteiger partial charge in [-0.2, -0.15) is 0 Å². The van der Waals surface area contributed by atoms with E-state index in [4.69, 9.17) is 9.47 Å². The minimum absolute atomic E-state index is 0.00674. The van der Waals surface area contributed by atoms with E-state index < -0.39 is 0 Å². The van der Waals surface area contributed by atoms with Gasteiger partial charge in [-0.05, 0) is 38.2 Å². The molecule has 0 radical (unpaired) electrons. The smallest absolute Gasteiger partial charge is 0.250 e. The molecule has 0 heterocycles. The first-order chi connectivity index (χ1) is 12.5. The van der Waals surface area contributed by atoms with Gasteiger partial charge in [0.1, 0.15) is 13.2 Å². The summed E-state index contributed by atoms with van der Waals surface area (Å²) in [6.07, 6.45) is 2.05. The summed E-state index contributed by atoms with van der Waals surface area (Å²) < 4.78 is 10.5. The van der Waals surface area contributed by atoms with Crippen molar-refractivity contribution in [2.45, 2.75) is 19.8 Å². The lowest BCUT2D eigenvalue weighted by Gasteiger charge is -2.10. The van der Waals surface area contributed by atoms with Gasteiger partial charge in [-0.25, -0.2) is 0 Å². The molecule has 1 aromatic rings. The van der Waals surface area contributed by atoms with E-state index in [-0.39, 0.29) is 38.2 Å². The Hall–Kier alpha value is -1.96. The molecule has 0 saturated heterocycles. The van der Waals surface area contributed by atoms with Gasteiger partial charge in [0, 0.05) is 18.8 Å². The number of ether oxygens (including phenoxy) is 2. The van der Waals surface area contributed by atoms with Gasteiger partial charge in [-0.1, -0.05) is 25.5 Å². The van der Waals surface area contributed by atoms with Crippen molar-refractivity contribution in [1.82, 2.24) is 10.2 Å². The molecule has 26 heavy (non-hydrogen) atoms. The Morgan fingerprint density at radius 1 is 1.08 bits per heavy atom. The zero-order valence-electron chi connectivity index (χ0n) is 16.0. The van der Waals surface area contributed by atoms with Crippen LogP contribution in [0.5, 0.6) is 0 Å². The summed E-state index contributed by atoms with van der Waals surface area (Å²) >= 11 is 0. The Bertz CT molecular complexity index is 549. The molecule has 0 unspecified atom stereocenters. The summed E-state index contributed by atoms with van der Waals surface area (Å²) in [5, 5.41) is 5.56. The van der Waals surface area contributed by atoms with Crippen LogP contribution in [0.1, 0.15) is 18.9 Å². The quantitative estimate of drug-likeness (QED) is 0.515. The van der Waals surface area contributed by atoms with E-state index in [9.17, 15) is 9.59 Å². The lowest BCUT2D eigenvalue weighted by Crippen LogP contribution is -2.34. The summed E-state index contributed by atoms with van der Waals surface area (Å²) in [5.41, 5.74) is 1.97. The number of hydrogen-bond donors (Lipinski definition) is 2. The van der Waals surface area contributed by atoms with E-state index >= 15 is 0 Å². The van der Waals surface area contributed by atoms with Crippen LogP contribution in [0.3, 0.4) is 0 Å². The van der Waals surface area contributed by atoms with Crippen LogP contribution in [0, 0.1) is 0 Å². The fourth-order valence-corrected chi connectivity index (χ4v) is 2.21. The summed E-state index contributed by atoms with van der Waals surface area (Å²) in [7, 11) is 3.89. The lowest BCUT2D eigenvalue weighted by molar-refractivity contribution is -0.127. The molecule has 1 rings (SSSR count). The van der Waals surface area contributed by atoms with E-state index in [2.05, 4.69) is 17.6 Å². The number of carbonyl (C=O) groups is 2. The van der Waals surface area contributed by atoms with Crippen molar-refractivity contribution in [3.05, 3.63) is 29.8 Å². The second kappa shape index (κ2) is 13.3. The second-order valence-corrected chi connectivity index (χ2v) is 6.26. The number of benzene rings is 1. The molecule has 0 spiro atoms. The molecule has 2 N–H and O–H groups in total. The Balaban J connectivity index is 2.08. The van der Waals surface area contributed by atoms with Gasteiger partial charge in [-0.3, -0.25) is 9.59 Å². The molecule has 146 valence electrons. The normalized spacial score (nSPS) is 10.8. The third kappa shape index (κ3) is 10.8. The third-order valence-electron chi connectivity index (χ3n) is 3.47. The first-order valence-electron chi connectivity index (χ1n) is 8.97. The molecule has 0 aliphatic heterocycles. The number of likely N-dealkylation sites (N-methyl/N-ethyl adjacent to an activating group) is 1. The molecule has 2 amide bonds. The van der Waals surface area contributed by atoms with Gasteiger partial charge in [0.05, 0.1) is 13.2 Å². The molecule has 0 aromatic heterocycles. The van der Waals surface area contributed by atoms with Crippen LogP contribution in [0.25, 0.3) is 0 Å². The second-order valence-electron chi connectivity index (χ2n) is 6.26. The molecule has 7 heteroatoms. The number of hydrogen-bond acceptors (Lipinski definition) is 5. The van der Waals surface area contributed by atoms with Crippen molar-refractivity contribution in [3.8, 4) is 0 Å². The zero-order valence-corrected chi connectivity index (χ0v) is 16.0. The molecule has 7 nitrogen and oxygen atoms in total. The highest BCUT2D eigenvalue weighted by Crippen LogP contribution is 2.12. The molecule has 0 bridgehead atoms. The van der Waals surface area contributed by atoms with Gasteiger partial charge in [0.25, 0.3) is 0 Å². The Morgan fingerprint density at radius 3 is 2.42 bits per heavy atom. The minimum Gasteiger partial charge on any atom is -0.369 e. The molecular formula is C19H31N3O4. The topological polar surface area (TPSA) is 79.9 Å². The highest BCUT2D eigenvalue weighted by Gasteiger charge is 2.04.